The SMILES string of the molecule is COc1cc([C@H](Nc2ccc(C(=N)N)cc2)C(N)=O)c(NS(=O)(=O)c2ccccc2)cc1OCc1ccccc1. The van der Waals surface area contributed by atoms with Gasteiger partial charge in [-0.2, -0.15) is 0 Å². The summed E-state index contributed by atoms with van der Waals surface area (Å²) >= 11 is 0. The smallest absolute Gasteiger partial charge is 0.261 e. The average molecular weight is 560 g/mol. The van der Waals surface area contributed by atoms with Gasteiger partial charge in [0.2, 0.25) is 5.91 Å². The van der Waals surface area contributed by atoms with Gasteiger partial charge < -0.3 is 26.3 Å². The molecule has 0 unspecified atom stereocenters. The second-order valence-corrected chi connectivity index (χ2v) is 10.4. The molecule has 1 atom stereocenters. The topological polar surface area (TPSA) is 170 Å². The minimum atomic E-state index is -4.05. The summed E-state index contributed by atoms with van der Waals surface area (Å²) in [5.41, 5.74) is 13.5. The predicted octanol–water partition coefficient (Wildman–Crippen LogP) is 4.00. The number of primary amides is 1. The molecule has 10 nitrogen and oxygen atoms in total. The van der Waals surface area contributed by atoms with Gasteiger partial charge in [0.1, 0.15) is 18.5 Å². The van der Waals surface area contributed by atoms with Crippen molar-refractivity contribution in [2.24, 2.45) is 11.5 Å². The Balaban J connectivity index is 1.77. The van der Waals surface area contributed by atoms with Crippen molar-refractivity contribution in [1.82, 2.24) is 0 Å². The van der Waals surface area contributed by atoms with Crippen LogP contribution in [0.5, 0.6) is 11.5 Å². The maximum Gasteiger partial charge on any atom is 0.261 e. The van der Waals surface area contributed by atoms with Crippen molar-refractivity contribution in [3.63, 3.8) is 0 Å². The van der Waals surface area contributed by atoms with Crippen molar-refractivity contribution in [3.05, 3.63) is 114 Å². The average Bonchev–Trinajstić information content (AvgIpc) is 2.96. The molecule has 0 aromatic heterocycles. The van der Waals surface area contributed by atoms with Gasteiger partial charge >= 0.3 is 0 Å². The fourth-order valence-corrected chi connectivity index (χ4v) is 5.03. The summed E-state index contributed by atoms with van der Waals surface area (Å²) < 4.78 is 40.7. The zero-order chi connectivity index (χ0) is 28.7. The first kappa shape index (κ1) is 28.0. The maximum atomic E-state index is 13.3. The Morgan fingerprint density at radius 3 is 2.10 bits per heavy atom. The number of nitrogens with one attached hydrogen (secondary N) is 3. The highest BCUT2D eigenvalue weighted by Gasteiger charge is 2.27. The first-order valence-electron chi connectivity index (χ1n) is 12.1. The number of carbonyl (C=O) groups is 1. The zero-order valence-corrected chi connectivity index (χ0v) is 22.4. The molecule has 0 radical (unpaired) electrons. The van der Waals surface area contributed by atoms with Crippen LogP contribution in [-0.2, 0) is 21.4 Å². The van der Waals surface area contributed by atoms with Crippen molar-refractivity contribution in [3.8, 4) is 11.5 Å². The summed E-state index contributed by atoms with van der Waals surface area (Å²) in [6.45, 7) is 0.196. The highest BCUT2D eigenvalue weighted by molar-refractivity contribution is 7.92. The van der Waals surface area contributed by atoms with Crippen LogP contribution in [0.15, 0.2) is 102 Å². The van der Waals surface area contributed by atoms with Crippen molar-refractivity contribution < 1.29 is 22.7 Å². The summed E-state index contributed by atoms with van der Waals surface area (Å²) in [7, 11) is -2.61. The van der Waals surface area contributed by atoms with Crippen LogP contribution >= 0.6 is 0 Å². The fourth-order valence-electron chi connectivity index (χ4n) is 3.93. The Labute approximate surface area is 232 Å². The van der Waals surface area contributed by atoms with Gasteiger partial charge in [-0.1, -0.05) is 48.5 Å². The molecule has 206 valence electrons. The van der Waals surface area contributed by atoms with Crippen LogP contribution < -0.4 is 31.0 Å². The lowest BCUT2D eigenvalue weighted by Crippen LogP contribution is -2.29. The van der Waals surface area contributed by atoms with Crippen LogP contribution in [0.4, 0.5) is 11.4 Å². The molecule has 1 amide bonds. The third-order valence-electron chi connectivity index (χ3n) is 5.97. The molecule has 7 N–H and O–H groups in total. The second-order valence-electron chi connectivity index (χ2n) is 8.75. The third-order valence-corrected chi connectivity index (χ3v) is 7.35. The monoisotopic (exact) mass is 559 g/mol. The summed E-state index contributed by atoms with van der Waals surface area (Å²) in [5.74, 6) is -0.342. The van der Waals surface area contributed by atoms with Crippen LogP contribution in [0.25, 0.3) is 0 Å². The molecule has 0 aliphatic carbocycles. The molecular weight excluding hydrogens is 530 g/mol. The Morgan fingerprint density at radius 2 is 1.52 bits per heavy atom. The number of amidine groups is 1. The molecule has 0 bridgehead atoms. The van der Waals surface area contributed by atoms with Crippen molar-refractivity contribution in [2.75, 3.05) is 17.1 Å². The molecule has 0 fully saturated rings. The lowest BCUT2D eigenvalue weighted by atomic mass is 10.0. The molecule has 0 aliphatic heterocycles. The third kappa shape index (κ3) is 6.69. The minimum absolute atomic E-state index is 0.0342. The van der Waals surface area contributed by atoms with E-state index in [0.29, 0.717) is 11.3 Å². The second kappa shape index (κ2) is 12.2. The van der Waals surface area contributed by atoms with E-state index in [1.165, 1.54) is 31.4 Å². The van der Waals surface area contributed by atoms with E-state index in [4.69, 9.17) is 26.4 Å². The number of carbonyl (C=O) groups excluding carboxylic acids is 1. The van der Waals surface area contributed by atoms with Crippen molar-refractivity contribution in [1.29, 1.82) is 5.41 Å². The molecule has 0 spiro atoms. The normalized spacial score (nSPS) is 11.7. The van der Waals surface area contributed by atoms with Crippen molar-refractivity contribution in [2.45, 2.75) is 17.5 Å². The van der Waals surface area contributed by atoms with E-state index < -0.39 is 22.0 Å². The lowest BCUT2D eigenvalue weighted by molar-refractivity contribution is -0.118. The largest absolute Gasteiger partial charge is 0.493 e. The van der Waals surface area contributed by atoms with E-state index in [0.717, 1.165) is 5.56 Å². The molecule has 0 heterocycles. The van der Waals surface area contributed by atoms with E-state index in [1.807, 2.05) is 30.3 Å². The van der Waals surface area contributed by atoms with Gasteiger partial charge in [0.05, 0.1) is 17.7 Å². The molecule has 11 heteroatoms. The van der Waals surface area contributed by atoms with Gasteiger partial charge in [-0.05, 0) is 48.0 Å². The van der Waals surface area contributed by atoms with Crippen LogP contribution in [-0.4, -0.2) is 27.3 Å². The van der Waals surface area contributed by atoms with Gasteiger partial charge in [0.15, 0.2) is 11.5 Å². The highest BCUT2D eigenvalue weighted by atomic mass is 32.2. The number of hydrogen-bond acceptors (Lipinski definition) is 7. The molecule has 4 aromatic carbocycles. The van der Waals surface area contributed by atoms with E-state index in [1.54, 1.807) is 42.5 Å². The first-order chi connectivity index (χ1) is 19.2. The zero-order valence-electron chi connectivity index (χ0n) is 21.6. The van der Waals surface area contributed by atoms with Crippen LogP contribution in [0, 0.1) is 5.41 Å². The Kier molecular flexibility index (Phi) is 8.55. The summed E-state index contributed by atoms with van der Waals surface area (Å²) in [6.07, 6.45) is 0. The van der Waals surface area contributed by atoms with Crippen molar-refractivity contribution >= 4 is 33.1 Å². The quantitative estimate of drug-likeness (QED) is 0.129. The fraction of sp³-hybridized carbons (Fsp3) is 0.103. The summed E-state index contributed by atoms with van der Waals surface area (Å²) in [6, 6.07) is 25.6. The van der Waals surface area contributed by atoms with Crippen LogP contribution in [0.2, 0.25) is 0 Å². The Morgan fingerprint density at radius 1 is 0.900 bits per heavy atom. The van der Waals surface area contributed by atoms with Gasteiger partial charge in [-0.15, -0.1) is 0 Å². The van der Waals surface area contributed by atoms with Gasteiger partial charge in [-0.3, -0.25) is 14.9 Å². The highest BCUT2D eigenvalue weighted by Crippen LogP contribution is 2.39. The first-order valence-corrected chi connectivity index (χ1v) is 13.6. The number of nitrogen functional groups attached to an aromatic ring is 1. The number of amides is 1. The molecule has 0 saturated heterocycles. The van der Waals surface area contributed by atoms with E-state index in [2.05, 4.69) is 10.0 Å². The van der Waals surface area contributed by atoms with Gasteiger partial charge in [0, 0.05) is 22.9 Å². The molecule has 0 saturated carbocycles. The molecule has 4 aromatic rings. The maximum absolute atomic E-state index is 13.3. The Hall–Kier alpha value is -5.03. The van der Waals surface area contributed by atoms with E-state index in [9.17, 15) is 13.2 Å². The van der Waals surface area contributed by atoms with E-state index >= 15 is 0 Å². The molecular formula is C29H29N5O5S. The number of sulfonamides is 1. The molecule has 0 aliphatic rings. The number of ether oxygens (including phenoxy) is 2. The van der Waals surface area contributed by atoms with Gasteiger partial charge in [0.25, 0.3) is 10.0 Å². The van der Waals surface area contributed by atoms with Gasteiger partial charge in [-0.25, -0.2) is 8.42 Å². The lowest BCUT2D eigenvalue weighted by Gasteiger charge is -2.23. The van der Waals surface area contributed by atoms with E-state index in [-0.39, 0.29) is 40.1 Å². The number of benzene rings is 4. The number of hydrogen-bond donors (Lipinski definition) is 5. The predicted molar refractivity (Wildman–Crippen MR) is 154 cm³/mol. The number of anilines is 2. The number of rotatable bonds is 12. The van der Waals surface area contributed by atoms with Crippen LogP contribution in [0.1, 0.15) is 22.7 Å². The molecule has 4 rings (SSSR count). The number of nitrogens with two attached hydrogens (primary N) is 2. The van der Waals surface area contributed by atoms with Crippen LogP contribution in [0.3, 0.4) is 0 Å². The minimum Gasteiger partial charge on any atom is -0.493 e. The summed E-state index contributed by atoms with van der Waals surface area (Å²) in [5, 5.41) is 10.6. The summed E-state index contributed by atoms with van der Waals surface area (Å²) in [4.78, 5) is 12.8. The molecule has 40 heavy (non-hydrogen) atoms. The number of methoxy groups -OCH3 is 1. The Bertz CT molecular complexity index is 1600. The standard InChI is InChI=1S/C29H29N5O5S/c1-38-25-16-23(27(29(32)35)33-21-14-12-20(13-15-21)28(30)31)24(34-40(36,37)22-10-6-3-7-11-22)17-26(25)39-18-19-8-4-2-5-9-19/h2-17,27,33-34H,18H2,1H3,(H3,30,31)(H2,32,35)/t27-/m0/s1.